The van der Waals surface area contributed by atoms with Gasteiger partial charge in [0.05, 0.1) is 12.1 Å². The zero-order valence-corrected chi connectivity index (χ0v) is 15.7. The van der Waals surface area contributed by atoms with Crippen LogP contribution in [0, 0.1) is 17.1 Å². The van der Waals surface area contributed by atoms with Crippen molar-refractivity contribution in [2.75, 3.05) is 31.1 Å². The average molecular weight is 394 g/mol. The third-order valence-electron chi connectivity index (χ3n) is 4.63. The Bertz CT molecular complexity index is 993. The highest BCUT2D eigenvalue weighted by Crippen LogP contribution is 2.19. The summed E-state index contributed by atoms with van der Waals surface area (Å²) in [4.78, 5) is 13.0. The van der Waals surface area contributed by atoms with Crippen LogP contribution in [0.25, 0.3) is 0 Å². The van der Waals surface area contributed by atoms with E-state index in [4.69, 9.17) is 9.26 Å². The number of pyridine rings is 1. The first-order chi connectivity index (χ1) is 14.2. The first-order valence-corrected chi connectivity index (χ1v) is 9.23. The van der Waals surface area contributed by atoms with E-state index >= 15 is 0 Å². The first-order valence-electron chi connectivity index (χ1n) is 9.23. The van der Waals surface area contributed by atoms with E-state index < -0.39 is 0 Å². The van der Waals surface area contributed by atoms with Gasteiger partial charge in [-0.1, -0.05) is 5.16 Å². The van der Waals surface area contributed by atoms with Gasteiger partial charge in [-0.3, -0.25) is 4.90 Å². The fourth-order valence-corrected chi connectivity index (χ4v) is 3.14. The molecule has 1 aliphatic heterocycles. The van der Waals surface area contributed by atoms with Crippen LogP contribution in [0.3, 0.4) is 0 Å². The average Bonchev–Trinajstić information content (AvgIpc) is 3.21. The SMILES string of the molecule is N#Cc1cccnc1N1CCN(Cc2nc(COc3ccc(F)cc3)no2)CC1. The maximum Gasteiger partial charge on any atom is 0.240 e. The molecule has 1 aromatic carbocycles. The van der Waals surface area contributed by atoms with Crippen molar-refractivity contribution in [2.45, 2.75) is 13.2 Å². The van der Waals surface area contributed by atoms with Gasteiger partial charge in [0.2, 0.25) is 11.7 Å². The highest BCUT2D eigenvalue weighted by atomic mass is 19.1. The topological polar surface area (TPSA) is 91.3 Å². The molecule has 0 saturated carbocycles. The summed E-state index contributed by atoms with van der Waals surface area (Å²) < 4.78 is 23.8. The summed E-state index contributed by atoms with van der Waals surface area (Å²) in [5.41, 5.74) is 0.587. The van der Waals surface area contributed by atoms with Crippen molar-refractivity contribution in [1.82, 2.24) is 20.0 Å². The van der Waals surface area contributed by atoms with Crippen molar-refractivity contribution >= 4 is 5.82 Å². The lowest BCUT2D eigenvalue weighted by Crippen LogP contribution is -2.46. The molecule has 4 rings (SSSR count). The zero-order chi connectivity index (χ0) is 20.1. The minimum absolute atomic E-state index is 0.152. The smallest absolute Gasteiger partial charge is 0.240 e. The van der Waals surface area contributed by atoms with E-state index in [1.807, 2.05) is 0 Å². The van der Waals surface area contributed by atoms with E-state index in [-0.39, 0.29) is 12.4 Å². The number of piperazine rings is 1. The second-order valence-electron chi connectivity index (χ2n) is 6.60. The second kappa shape index (κ2) is 8.67. The Morgan fingerprint density at radius 3 is 2.69 bits per heavy atom. The molecule has 1 fully saturated rings. The molecule has 0 atom stereocenters. The summed E-state index contributed by atoms with van der Waals surface area (Å²) in [6.07, 6.45) is 1.70. The first kappa shape index (κ1) is 18.8. The Morgan fingerprint density at radius 1 is 1.14 bits per heavy atom. The summed E-state index contributed by atoms with van der Waals surface area (Å²) >= 11 is 0. The summed E-state index contributed by atoms with van der Waals surface area (Å²) in [6.45, 7) is 3.82. The number of rotatable bonds is 6. The molecule has 2 aromatic heterocycles. The fraction of sp³-hybridized carbons (Fsp3) is 0.300. The highest BCUT2D eigenvalue weighted by Gasteiger charge is 2.21. The van der Waals surface area contributed by atoms with Crippen LogP contribution in [0.4, 0.5) is 10.2 Å². The molecule has 0 bridgehead atoms. The third-order valence-corrected chi connectivity index (χ3v) is 4.63. The molecule has 0 N–H and O–H groups in total. The van der Waals surface area contributed by atoms with Crippen LogP contribution in [0.15, 0.2) is 47.1 Å². The molecule has 0 amide bonds. The number of hydrogen-bond donors (Lipinski definition) is 0. The van der Waals surface area contributed by atoms with Gasteiger partial charge in [-0.2, -0.15) is 10.2 Å². The van der Waals surface area contributed by atoms with E-state index in [0.29, 0.717) is 29.6 Å². The number of hydrogen-bond acceptors (Lipinski definition) is 8. The predicted octanol–water partition coefficient (Wildman–Crippen LogP) is 2.38. The lowest BCUT2D eigenvalue weighted by molar-refractivity contribution is 0.214. The Balaban J connectivity index is 1.28. The van der Waals surface area contributed by atoms with Gasteiger partial charge < -0.3 is 14.2 Å². The summed E-state index contributed by atoms with van der Waals surface area (Å²) in [7, 11) is 0. The number of aromatic nitrogens is 3. The van der Waals surface area contributed by atoms with Crippen molar-refractivity contribution in [3.63, 3.8) is 0 Å². The maximum absolute atomic E-state index is 12.9. The number of nitriles is 1. The predicted molar refractivity (Wildman–Crippen MR) is 101 cm³/mol. The van der Waals surface area contributed by atoms with Crippen LogP contribution in [0.2, 0.25) is 0 Å². The monoisotopic (exact) mass is 394 g/mol. The molecule has 0 unspecified atom stereocenters. The standard InChI is InChI=1S/C20H19FN6O2/c21-16-3-5-17(6-4-16)28-14-18-24-19(29-25-18)13-26-8-10-27(11-9-26)20-15(12-22)2-1-7-23-20/h1-7H,8-11,13-14H2. The van der Waals surface area contributed by atoms with Gasteiger partial charge in [0.15, 0.2) is 6.61 Å². The molecule has 1 saturated heterocycles. The second-order valence-corrected chi connectivity index (χ2v) is 6.60. The largest absolute Gasteiger partial charge is 0.485 e. The van der Waals surface area contributed by atoms with Crippen LogP contribution >= 0.6 is 0 Å². The molecule has 8 nitrogen and oxygen atoms in total. The lowest BCUT2D eigenvalue weighted by atomic mass is 10.2. The van der Waals surface area contributed by atoms with Crippen LogP contribution in [0.5, 0.6) is 5.75 Å². The molecule has 0 radical (unpaired) electrons. The number of nitrogens with zero attached hydrogens (tertiary/aromatic N) is 6. The maximum atomic E-state index is 12.9. The fourth-order valence-electron chi connectivity index (χ4n) is 3.14. The Labute approximate surface area is 167 Å². The molecule has 3 aromatic rings. The van der Waals surface area contributed by atoms with Crippen molar-refractivity contribution in [3.05, 3.63) is 65.7 Å². The van der Waals surface area contributed by atoms with Crippen LogP contribution < -0.4 is 9.64 Å². The number of benzene rings is 1. The normalized spacial score (nSPS) is 14.6. The van der Waals surface area contributed by atoms with Crippen molar-refractivity contribution < 1.29 is 13.7 Å². The van der Waals surface area contributed by atoms with Gasteiger partial charge in [0.25, 0.3) is 0 Å². The van der Waals surface area contributed by atoms with E-state index in [1.54, 1.807) is 30.5 Å². The van der Waals surface area contributed by atoms with Gasteiger partial charge in [0, 0.05) is 32.4 Å². The number of halogens is 1. The van der Waals surface area contributed by atoms with Gasteiger partial charge in [-0.25, -0.2) is 9.37 Å². The van der Waals surface area contributed by atoms with Crippen LogP contribution in [0.1, 0.15) is 17.3 Å². The van der Waals surface area contributed by atoms with Gasteiger partial charge in [0.1, 0.15) is 23.5 Å². The molecule has 1 aliphatic rings. The van der Waals surface area contributed by atoms with E-state index in [2.05, 4.69) is 31.0 Å². The Kier molecular flexibility index (Phi) is 5.63. The molecule has 0 aliphatic carbocycles. The molecule has 0 spiro atoms. The Morgan fingerprint density at radius 2 is 1.93 bits per heavy atom. The third kappa shape index (κ3) is 4.67. The molecular formula is C20H19FN6O2. The number of ether oxygens (including phenoxy) is 1. The van der Waals surface area contributed by atoms with Crippen molar-refractivity contribution in [1.29, 1.82) is 5.26 Å². The lowest BCUT2D eigenvalue weighted by Gasteiger charge is -2.34. The van der Waals surface area contributed by atoms with E-state index in [0.717, 1.165) is 32.0 Å². The number of anilines is 1. The Hall–Kier alpha value is -3.51. The zero-order valence-electron chi connectivity index (χ0n) is 15.7. The summed E-state index contributed by atoms with van der Waals surface area (Å²) in [5.74, 6) is 1.92. The molecule has 3 heterocycles. The minimum atomic E-state index is -0.314. The van der Waals surface area contributed by atoms with Gasteiger partial charge in [-0.05, 0) is 36.4 Å². The minimum Gasteiger partial charge on any atom is -0.485 e. The van der Waals surface area contributed by atoms with Crippen LogP contribution in [-0.4, -0.2) is 46.2 Å². The van der Waals surface area contributed by atoms with Crippen LogP contribution in [-0.2, 0) is 13.2 Å². The quantitative estimate of drug-likeness (QED) is 0.629. The van der Waals surface area contributed by atoms with Gasteiger partial charge in [-0.15, -0.1) is 0 Å². The van der Waals surface area contributed by atoms with E-state index in [9.17, 15) is 9.65 Å². The molecule has 29 heavy (non-hydrogen) atoms. The molecule has 9 heteroatoms. The molecular weight excluding hydrogens is 375 g/mol. The summed E-state index contributed by atoms with van der Waals surface area (Å²) in [5, 5.41) is 13.2. The summed E-state index contributed by atoms with van der Waals surface area (Å²) in [6, 6.07) is 11.5. The van der Waals surface area contributed by atoms with Crippen molar-refractivity contribution in [3.8, 4) is 11.8 Å². The van der Waals surface area contributed by atoms with Gasteiger partial charge >= 0.3 is 0 Å². The van der Waals surface area contributed by atoms with Crippen molar-refractivity contribution in [2.24, 2.45) is 0 Å². The molecule has 148 valence electrons. The van der Waals surface area contributed by atoms with E-state index in [1.165, 1.54) is 12.1 Å². The highest BCUT2D eigenvalue weighted by molar-refractivity contribution is 5.53.